The molecule has 2 heterocycles. The normalized spacial score (nSPS) is 14.5. The average Bonchev–Trinajstić information content (AvgIpc) is 2.93. The fraction of sp³-hybridized carbons (Fsp3) is 0.367. The number of anilines is 1. The number of aromatic nitrogens is 1. The van der Waals surface area contributed by atoms with Crippen LogP contribution in [0.5, 0.6) is 11.5 Å². The van der Waals surface area contributed by atoms with Crippen molar-refractivity contribution >= 4 is 17.0 Å². The molecule has 1 aromatic heterocycles. The molecule has 0 atom stereocenters. The second kappa shape index (κ2) is 13.2. The van der Waals surface area contributed by atoms with Gasteiger partial charge in [-0.3, -0.25) is 0 Å². The van der Waals surface area contributed by atoms with Crippen LogP contribution in [0.2, 0.25) is 0 Å². The number of benzene rings is 2. The summed E-state index contributed by atoms with van der Waals surface area (Å²) in [6.07, 6.45) is 3.25. The Kier molecular flexibility index (Phi) is 9.54. The number of aliphatic hydroxyl groups excluding tert-OH is 1. The van der Waals surface area contributed by atoms with E-state index < -0.39 is 0 Å². The highest BCUT2D eigenvalue weighted by Crippen LogP contribution is 2.36. The van der Waals surface area contributed by atoms with Gasteiger partial charge in [0.05, 0.1) is 13.2 Å². The van der Waals surface area contributed by atoms with Crippen molar-refractivity contribution in [3.8, 4) is 11.5 Å². The van der Waals surface area contributed by atoms with E-state index in [1.165, 1.54) is 0 Å². The van der Waals surface area contributed by atoms with E-state index in [2.05, 4.69) is 34.1 Å². The fourth-order valence-electron chi connectivity index (χ4n) is 4.42. The molecule has 0 spiro atoms. The van der Waals surface area contributed by atoms with E-state index in [1.807, 2.05) is 44.6 Å². The largest absolute Gasteiger partial charge is 0.508 e. The average molecular weight is 504 g/mol. The van der Waals surface area contributed by atoms with E-state index in [0.717, 1.165) is 59.0 Å². The molecule has 0 amide bonds. The van der Waals surface area contributed by atoms with Gasteiger partial charge < -0.3 is 29.5 Å². The number of hydrogen-bond donors (Lipinski definition) is 2. The maximum Gasteiger partial charge on any atom is 0.128 e. The van der Waals surface area contributed by atoms with Gasteiger partial charge in [-0.05, 0) is 91.2 Å². The van der Waals surface area contributed by atoms with Crippen LogP contribution in [0.25, 0.3) is 11.1 Å². The van der Waals surface area contributed by atoms with Gasteiger partial charge in [-0.1, -0.05) is 24.3 Å². The number of allylic oxidation sites excluding steroid dienone is 1. The minimum atomic E-state index is 0.101. The van der Waals surface area contributed by atoms with Gasteiger partial charge in [0, 0.05) is 32.4 Å². The quantitative estimate of drug-likeness (QED) is 0.404. The molecular formula is C30H37N3O4. The first-order chi connectivity index (χ1) is 18.0. The summed E-state index contributed by atoms with van der Waals surface area (Å²) in [5, 5.41) is 19.6. The lowest BCUT2D eigenvalue weighted by Crippen LogP contribution is -2.36. The smallest absolute Gasteiger partial charge is 0.128 e. The second-order valence-corrected chi connectivity index (χ2v) is 9.41. The van der Waals surface area contributed by atoms with Crippen molar-refractivity contribution in [1.82, 2.24) is 9.88 Å². The Hall–Kier alpha value is -3.39. The van der Waals surface area contributed by atoms with Gasteiger partial charge in [-0.25, -0.2) is 4.98 Å². The molecule has 1 fully saturated rings. The van der Waals surface area contributed by atoms with Gasteiger partial charge >= 0.3 is 0 Å². The Labute approximate surface area is 219 Å². The zero-order chi connectivity index (χ0) is 26.0. The number of hydrogen-bond acceptors (Lipinski definition) is 7. The summed E-state index contributed by atoms with van der Waals surface area (Å²) in [6, 6.07) is 19.6. The lowest BCUT2D eigenvalue weighted by Gasteiger charge is -2.28. The third-order valence-electron chi connectivity index (χ3n) is 6.42. The lowest BCUT2D eigenvalue weighted by atomic mass is 9.87. The molecule has 2 aromatic carbocycles. The van der Waals surface area contributed by atoms with E-state index >= 15 is 0 Å². The molecule has 37 heavy (non-hydrogen) atoms. The van der Waals surface area contributed by atoms with E-state index in [4.69, 9.17) is 14.5 Å². The van der Waals surface area contributed by atoms with Crippen LogP contribution in [-0.2, 0) is 4.74 Å². The summed E-state index contributed by atoms with van der Waals surface area (Å²) in [4.78, 5) is 9.11. The molecule has 0 aliphatic carbocycles. The van der Waals surface area contributed by atoms with Crippen molar-refractivity contribution in [2.24, 2.45) is 0 Å². The third-order valence-corrected chi connectivity index (χ3v) is 6.42. The minimum absolute atomic E-state index is 0.101. The van der Waals surface area contributed by atoms with E-state index in [1.54, 1.807) is 12.1 Å². The number of pyridine rings is 1. The number of likely N-dealkylation sites (N-methyl/N-ethyl adjacent to an activating group) is 1. The van der Waals surface area contributed by atoms with Crippen molar-refractivity contribution in [2.75, 3.05) is 65.1 Å². The summed E-state index contributed by atoms with van der Waals surface area (Å²) in [6.45, 7) is 4.66. The highest BCUT2D eigenvalue weighted by atomic mass is 16.5. The Balaban J connectivity index is 1.73. The predicted octanol–water partition coefficient (Wildman–Crippen LogP) is 4.30. The van der Waals surface area contributed by atoms with Crippen LogP contribution in [0.3, 0.4) is 0 Å². The molecule has 7 heteroatoms. The number of aromatic hydroxyl groups is 1. The van der Waals surface area contributed by atoms with Gasteiger partial charge in [0.1, 0.15) is 23.9 Å². The highest BCUT2D eigenvalue weighted by molar-refractivity contribution is 5.98. The maximum absolute atomic E-state index is 9.93. The number of rotatable bonds is 11. The molecule has 1 aliphatic heterocycles. The standard InChI is InChI=1S/C30H37N3O4/c1-32(2)15-21-37-27-12-7-24(8-13-27)30(23-5-10-26(35)11-6-23)28(4-3-18-34)25-9-14-29(31-22-25)33-16-19-36-20-17-33/h5-14,22,34-35H,3-4,15-21H2,1-2H3/b30-28-. The van der Waals surface area contributed by atoms with Crippen molar-refractivity contribution in [3.63, 3.8) is 0 Å². The molecule has 7 nitrogen and oxygen atoms in total. The van der Waals surface area contributed by atoms with Crippen LogP contribution in [0.1, 0.15) is 29.5 Å². The number of morpholine rings is 1. The maximum atomic E-state index is 9.93. The first-order valence-electron chi connectivity index (χ1n) is 12.9. The summed E-state index contributed by atoms with van der Waals surface area (Å²) in [5.74, 6) is 1.99. The fourth-order valence-corrected chi connectivity index (χ4v) is 4.42. The van der Waals surface area contributed by atoms with Crippen LogP contribution < -0.4 is 9.64 Å². The Morgan fingerprint density at radius 3 is 2.19 bits per heavy atom. The van der Waals surface area contributed by atoms with Gasteiger partial charge in [0.2, 0.25) is 0 Å². The molecule has 3 aromatic rings. The number of phenols is 1. The topological polar surface area (TPSA) is 78.3 Å². The zero-order valence-corrected chi connectivity index (χ0v) is 21.8. The molecule has 196 valence electrons. The number of nitrogens with zero attached hydrogens (tertiary/aromatic N) is 3. The first kappa shape index (κ1) is 26.7. The van der Waals surface area contributed by atoms with Gasteiger partial charge in [0.15, 0.2) is 0 Å². The van der Waals surface area contributed by atoms with Crippen molar-refractivity contribution in [2.45, 2.75) is 12.8 Å². The summed E-state index contributed by atoms with van der Waals surface area (Å²) >= 11 is 0. The summed E-state index contributed by atoms with van der Waals surface area (Å²) in [7, 11) is 4.05. The number of aliphatic hydroxyl groups is 1. The molecular weight excluding hydrogens is 466 g/mol. The van der Waals surface area contributed by atoms with Gasteiger partial charge in [-0.2, -0.15) is 0 Å². The van der Waals surface area contributed by atoms with Crippen LogP contribution in [0.15, 0.2) is 66.9 Å². The minimum Gasteiger partial charge on any atom is -0.508 e. The summed E-state index contributed by atoms with van der Waals surface area (Å²) < 4.78 is 11.4. The SMILES string of the molecule is CN(C)CCOc1ccc(/C(=C(/CCCO)c2ccc(N3CCOCC3)nc2)c2ccc(O)cc2)cc1. The molecule has 0 saturated carbocycles. The van der Waals surface area contributed by atoms with Crippen molar-refractivity contribution in [1.29, 1.82) is 0 Å². The van der Waals surface area contributed by atoms with Gasteiger partial charge in [-0.15, -0.1) is 0 Å². The van der Waals surface area contributed by atoms with E-state index in [0.29, 0.717) is 32.7 Å². The van der Waals surface area contributed by atoms with E-state index in [-0.39, 0.29) is 12.4 Å². The molecule has 4 rings (SSSR count). The Morgan fingerprint density at radius 1 is 0.946 bits per heavy atom. The van der Waals surface area contributed by atoms with Crippen LogP contribution in [0.4, 0.5) is 5.82 Å². The van der Waals surface area contributed by atoms with Crippen LogP contribution in [0, 0.1) is 0 Å². The monoisotopic (exact) mass is 503 g/mol. The third kappa shape index (κ3) is 7.32. The molecule has 1 aliphatic rings. The number of phenolic OH excluding ortho intramolecular Hbond substituents is 1. The van der Waals surface area contributed by atoms with Crippen LogP contribution >= 0.6 is 0 Å². The zero-order valence-electron chi connectivity index (χ0n) is 21.8. The molecule has 0 unspecified atom stereocenters. The molecule has 0 bridgehead atoms. The Morgan fingerprint density at radius 2 is 1.59 bits per heavy atom. The molecule has 0 radical (unpaired) electrons. The van der Waals surface area contributed by atoms with Crippen molar-refractivity contribution < 1.29 is 19.7 Å². The lowest BCUT2D eigenvalue weighted by molar-refractivity contribution is 0.122. The molecule has 2 N–H and O–H groups in total. The second-order valence-electron chi connectivity index (χ2n) is 9.41. The first-order valence-corrected chi connectivity index (χ1v) is 12.9. The molecule has 1 saturated heterocycles. The predicted molar refractivity (Wildman–Crippen MR) is 148 cm³/mol. The Bertz CT molecular complexity index is 1140. The summed E-state index contributed by atoms with van der Waals surface area (Å²) in [5.41, 5.74) is 5.19. The van der Waals surface area contributed by atoms with Crippen molar-refractivity contribution in [3.05, 3.63) is 83.6 Å². The van der Waals surface area contributed by atoms with Crippen LogP contribution in [-0.4, -0.2) is 80.3 Å². The highest BCUT2D eigenvalue weighted by Gasteiger charge is 2.17. The number of ether oxygens (including phenoxy) is 2. The van der Waals surface area contributed by atoms with Gasteiger partial charge in [0.25, 0.3) is 0 Å². The van der Waals surface area contributed by atoms with E-state index in [9.17, 15) is 10.2 Å².